The van der Waals surface area contributed by atoms with Gasteiger partial charge in [0.15, 0.2) is 5.75 Å². The zero-order chi connectivity index (χ0) is 13.9. The van der Waals surface area contributed by atoms with Crippen molar-refractivity contribution in [3.05, 3.63) is 60.0 Å². The van der Waals surface area contributed by atoms with Crippen molar-refractivity contribution in [2.45, 2.75) is 12.8 Å². The number of pyridine rings is 2. The molecule has 0 bridgehead atoms. The van der Waals surface area contributed by atoms with Crippen molar-refractivity contribution in [3.8, 4) is 11.5 Å². The number of halogens is 1. The highest BCUT2D eigenvalue weighted by Gasteiger charge is 2.08. The first kappa shape index (κ1) is 12.9. The molecule has 0 saturated heterocycles. The third-order valence-electron chi connectivity index (χ3n) is 3.04. The second-order valence-electron chi connectivity index (χ2n) is 4.50. The number of hydrogen-bond donors (Lipinski definition) is 0. The lowest BCUT2D eigenvalue weighted by molar-refractivity contribution is 0.481. The number of hydrogen-bond acceptors (Lipinski definition) is 3. The number of fused-ring (bicyclic) bond motifs is 1. The minimum Gasteiger partial charge on any atom is -0.455 e. The van der Waals surface area contributed by atoms with Crippen LogP contribution in [0.1, 0.15) is 11.3 Å². The van der Waals surface area contributed by atoms with Crippen LogP contribution >= 0.6 is 11.6 Å². The van der Waals surface area contributed by atoms with Gasteiger partial charge >= 0.3 is 0 Å². The number of aryl methyl sites for hydroxylation is 1. The molecule has 0 aliphatic rings. The molecule has 3 nitrogen and oxygen atoms in total. The summed E-state index contributed by atoms with van der Waals surface area (Å²) in [6.45, 7) is 1.92. The van der Waals surface area contributed by atoms with Crippen LogP contribution in [-0.2, 0) is 5.88 Å². The molecule has 100 valence electrons. The number of nitrogens with zero attached hydrogens (tertiary/aromatic N) is 2. The molecule has 20 heavy (non-hydrogen) atoms. The standard InChI is InChI=1S/C16H13ClN2O/c1-11-8-15(13(9-17)10-19-11)20-14-6-2-4-12-5-3-7-18-16(12)14/h2-8,10H,9H2,1H3. The summed E-state index contributed by atoms with van der Waals surface area (Å²) in [7, 11) is 0. The summed E-state index contributed by atoms with van der Waals surface area (Å²) < 4.78 is 6.01. The van der Waals surface area contributed by atoms with Crippen LogP contribution in [0.2, 0.25) is 0 Å². The first-order chi connectivity index (χ1) is 9.78. The van der Waals surface area contributed by atoms with E-state index < -0.39 is 0 Å². The van der Waals surface area contributed by atoms with E-state index in [1.54, 1.807) is 12.4 Å². The van der Waals surface area contributed by atoms with E-state index in [1.165, 1.54) is 0 Å². The van der Waals surface area contributed by atoms with E-state index in [1.807, 2.05) is 43.3 Å². The van der Waals surface area contributed by atoms with Gasteiger partial charge in [-0.15, -0.1) is 11.6 Å². The molecule has 2 aromatic heterocycles. The largest absolute Gasteiger partial charge is 0.455 e. The van der Waals surface area contributed by atoms with Crippen molar-refractivity contribution in [1.29, 1.82) is 0 Å². The monoisotopic (exact) mass is 284 g/mol. The fourth-order valence-electron chi connectivity index (χ4n) is 2.04. The molecule has 0 unspecified atom stereocenters. The van der Waals surface area contributed by atoms with Gasteiger partial charge in [0.2, 0.25) is 0 Å². The Morgan fingerprint density at radius 2 is 1.95 bits per heavy atom. The van der Waals surface area contributed by atoms with E-state index in [9.17, 15) is 0 Å². The van der Waals surface area contributed by atoms with Crippen molar-refractivity contribution < 1.29 is 4.74 Å². The molecule has 0 radical (unpaired) electrons. The lowest BCUT2D eigenvalue weighted by Gasteiger charge is -2.11. The summed E-state index contributed by atoms with van der Waals surface area (Å²) in [6, 6.07) is 11.7. The Bertz CT molecular complexity index is 753. The molecule has 0 amide bonds. The summed E-state index contributed by atoms with van der Waals surface area (Å²) in [4.78, 5) is 8.62. The summed E-state index contributed by atoms with van der Waals surface area (Å²) >= 11 is 5.93. The molecule has 0 atom stereocenters. The Hall–Kier alpha value is -2.13. The topological polar surface area (TPSA) is 35.0 Å². The highest BCUT2D eigenvalue weighted by molar-refractivity contribution is 6.17. The van der Waals surface area contributed by atoms with Gasteiger partial charge in [-0.3, -0.25) is 9.97 Å². The maximum atomic E-state index is 6.01. The van der Waals surface area contributed by atoms with Crippen molar-refractivity contribution in [1.82, 2.24) is 9.97 Å². The number of alkyl halides is 1. The summed E-state index contributed by atoms with van der Waals surface area (Å²) in [5.74, 6) is 1.81. The van der Waals surface area contributed by atoms with Crippen molar-refractivity contribution in [3.63, 3.8) is 0 Å². The van der Waals surface area contributed by atoms with Crippen LogP contribution in [0, 0.1) is 6.92 Å². The van der Waals surface area contributed by atoms with Crippen LogP contribution in [0.5, 0.6) is 11.5 Å². The summed E-state index contributed by atoms with van der Waals surface area (Å²) in [5, 5.41) is 1.04. The van der Waals surface area contributed by atoms with E-state index in [0.29, 0.717) is 5.88 Å². The van der Waals surface area contributed by atoms with E-state index in [2.05, 4.69) is 9.97 Å². The van der Waals surface area contributed by atoms with Crippen LogP contribution in [0.15, 0.2) is 48.8 Å². The number of benzene rings is 1. The van der Waals surface area contributed by atoms with Crippen LogP contribution in [0.25, 0.3) is 10.9 Å². The minimum absolute atomic E-state index is 0.362. The lowest BCUT2D eigenvalue weighted by atomic mass is 10.2. The van der Waals surface area contributed by atoms with Crippen molar-refractivity contribution in [2.24, 2.45) is 0 Å². The Morgan fingerprint density at radius 3 is 2.80 bits per heavy atom. The maximum absolute atomic E-state index is 6.01. The molecule has 0 aliphatic carbocycles. The number of rotatable bonds is 3. The van der Waals surface area contributed by atoms with Gasteiger partial charge in [-0.05, 0) is 19.1 Å². The summed E-state index contributed by atoms with van der Waals surface area (Å²) in [5.41, 5.74) is 2.59. The Balaban J connectivity index is 2.07. The van der Waals surface area contributed by atoms with Crippen LogP contribution in [-0.4, -0.2) is 9.97 Å². The van der Waals surface area contributed by atoms with Gasteiger partial charge in [0, 0.05) is 35.1 Å². The highest BCUT2D eigenvalue weighted by Crippen LogP contribution is 2.31. The van der Waals surface area contributed by atoms with E-state index in [0.717, 1.165) is 33.7 Å². The number of aromatic nitrogens is 2. The van der Waals surface area contributed by atoms with Gasteiger partial charge < -0.3 is 4.74 Å². The van der Waals surface area contributed by atoms with E-state index in [4.69, 9.17) is 16.3 Å². The molecular formula is C16H13ClN2O. The first-order valence-corrected chi connectivity index (χ1v) is 6.84. The quantitative estimate of drug-likeness (QED) is 0.666. The zero-order valence-corrected chi connectivity index (χ0v) is 11.8. The molecule has 0 fully saturated rings. The Labute approximate surface area is 122 Å². The van der Waals surface area contributed by atoms with Gasteiger partial charge in [-0.2, -0.15) is 0 Å². The van der Waals surface area contributed by atoms with Crippen LogP contribution in [0.3, 0.4) is 0 Å². The molecule has 0 saturated carbocycles. The van der Waals surface area contributed by atoms with Gasteiger partial charge in [0.05, 0.1) is 5.88 Å². The second-order valence-corrected chi connectivity index (χ2v) is 4.77. The first-order valence-electron chi connectivity index (χ1n) is 6.31. The zero-order valence-electron chi connectivity index (χ0n) is 11.0. The average molecular weight is 285 g/mol. The fraction of sp³-hybridized carbons (Fsp3) is 0.125. The third-order valence-corrected chi connectivity index (χ3v) is 3.33. The third kappa shape index (κ3) is 2.45. The number of para-hydroxylation sites is 1. The average Bonchev–Trinajstić information content (AvgIpc) is 2.48. The van der Waals surface area contributed by atoms with Gasteiger partial charge in [-0.25, -0.2) is 0 Å². The van der Waals surface area contributed by atoms with Gasteiger partial charge in [0.25, 0.3) is 0 Å². The molecule has 3 rings (SSSR count). The molecule has 1 aromatic carbocycles. The predicted molar refractivity (Wildman–Crippen MR) is 80.3 cm³/mol. The van der Waals surface area contributed by atoms with Crippen LogP contribution in [0.4, 0.5) is 0 Å². The van der Waals surface area contributed by atoms with Gasteiger partial charge in [-0.1, -0.05) is 18.2 Å². The van der Waals surface area contributed by atoms with Crippen molar-refractivity contribution in [2.75, 3.05) is 0 Å². The molecule has 0 aliphatic heterocycles. The van der Waals surface area contributed by atoms with Crippen molar-refractivity contribution >= 4 is 22.5 Å². The van der Waals surface area contributed by atoms with Gasteiger partial charge in [0.1, 0.15) is 11.3 Å². The molecule has 2 heterocycles. The molecule has 0 N–H and O–H groups in total. The van der Waals surface area contributed by atoms with E-state index in [-0.39, 0.29) is 0 Å². The smallest absolute Gasteiger partial charge is 0.153 e. The SMILES string of the molecule is Cc1cc(Oc2cccc3cccnc23)c(CCl)cn1. The summed E-state index contributed by atoms with van der Waals surface area (Å²) in [6.07, 6.45) is 3.51. The maximum Gasteiger partial charge on any atom is 0.153 e. The van der Waals surface area contributed by atoms with E-state index >= 15 is 0 Å². The molecular weight excluding hydrogens is 272 g/mol. The molecule has 3 aromatic rings. The minimum atomic E-state index is 0.362. The normalized spacial score (nSPS) is 10.7. The van der Waals surface area contributed by atoms with Crippen LogP contribution < -0.4 is 4.74 Å². The Kier molecular flexibility index (Phi) is 3.52. The molecule has 0 spiro atoms. The predicted octanol–water partition coefficient (Wildman–Crippen LogP) is 4.47. The molecule has 4 heteroatoms. The highest BCUT2D eigenvalue weighted by atomic mass is 35.5. The lowest BCUT2D eigenvalue weighted by Crippen LogP contribution is -1.94. The number of ether oxygens (including phenoxy) is 1. The second kappa shape index (κ2) is 5.47. The fourth-order valence-corrected chi connectivity index (χ4v) is 2.24. The Morgan fingerprint density at radius 1 is 1.10 bits per heavy atom.